The third-order valence-corrected chi connectivity index (χ3v) is 9.02. The monoisotopic (exact) mass is 496 g/mol. The van der Waals surface area contributed by atoms with Crippen LogP contribution in [0.4, 0.5) is 0 Å². The van der Waals surface area contributed by atoms with Crippen LogP contribution in [0.3, 0.4) is 0 Å². The van der Waals surface area contributed by atoms with Crippen molar-refractivity contribution in [2.24, 2.45) is 0 Å². The first-order valence-electron chi connectivity index (χ1n) is 10.6. The zero-order chi connectivity index (χ0) is 24.2. The minimum Gasteiger partial charge on any atom is -0.490 e. The second-order valence-electron chi connectivity index (χ2n) is 7.37. The molecule has 0 aromatic heterocycles. The van der Waals surface area contributed by atoms with Crippen LogP contribution in [0.15, 0.2) is 52.3 Å². The smallest absolute Gasteiger partial charge is 0.243 e. The van der Waals surface area contributed by atoms with Crippen LogP contribution in [-0.4, -0.2) is 70.6 Å². The van der Waals surface area contributed by atoms with Gasteiger partial charge >= 0.3 is 0 Å². The van der Waals surface area contributed by atoms with E-state index in [-0.39, 0.29) is 41.8 Å². The summed E-state index contributed by atoms with van der Waals surface area (Å²) >= 11 is 0. The van der Waals surface area contributed by atoms with E-state index in [0.717, 1.165) is 0 Å². The normalized spacial score (nSPS) is 15.8. The average Bonchev–Trinajstić information content (AvgIpc) is 2.80. The van der Waals surface area contributed by atoms with Gasteiger partial charge in [0.05, 0.1) is 23.0 Å². The number of piperazine rings is 1. The number of ether oxygens (including phenoxy) is 2. The number of hydrogen-bond acceptors (Lipinski definition) is 7. The Kier molecular flexibility index (Phi) is 7.78. The molecule has 9 nitrogen and oxygen atoms in total. The van der Waals surface area contributed by atoms with Gasteiger partial charge in [-0.2, -0.15) is 8.61 Å². The van der Waals surface area contributed by atoms with Crippen molar-refractivity contribution < 1.29 is 31.1 Å². The van der Waals surface area contributed by atoms with Crippen LogP contribution in [0.1, 0.15) is 31.1 Å². The minimum atomic E-state index is -3.85. The molecule has 1 aliphatic heterocycles. The number of sulfonamides is 2. The zero-order valence-corrected chi connectivity index (χ0v) is 20.5. The lowest BCUT2D eigenvalue weighted by molar-refractivity contribution is 0.101. The van der Waals surface area contributed by atoms with E-state index in [2.05, 4.69) is 0 Å². The number of Topliss-reactive ketones (excluding diaryl/α,β-unsaturated/α-hetero) is 1. The molecular formula is C22H28N2O7S2. The maximum absolute atomic E-state index is 13.2. The van der Waals surface area contributed by atoms with Gasteiger partial charge in [0.25, 0.3) is 0 Å². The van der Waals surface area contributed by atoms with Crippen LogP contribution in [-0.2, 0) is 20.0 Å². The first kappa shape index (κ1) is 25.2. The molecule has 2 aromatic carbocycles. The molecule has 0 aliphatic carbocycles. The Morgan fingerprint density at radius 1 is 0.788 bits per heavy atom. The average molecular weight is 497 g/mol. The summed E-state index contributed by atoms with van der Waals surface area (Å²) in [7, 11) is -7.71. The summed E-state index contributed by atoms with van der Waals surface area (Å²) in [4.78, 5) is 11.7. The molecule has 0 radical (unpaired) electrons. The van der Waals surface area contributed by atoms with E-state index in [1.165, 1.54) is 45.9 Å². The fraction of sp³-hybridized carbons (Fsp3) is 0.409. The quantitative estimate of drug-likeness (QED) is 0.490. The Bertz CT molecular complexity index is 1220. The van der Waals surface area contributed by atoms with Gasteiger partial charge in [0, 0.05) is 37.8 Å². The van der Waals surface area contributed by atoms with E-state index >= 15 is 0 Å². The summed E-state index contributed by atoms with van der Waals surface area (Å²) in [5.74, 6) is 0.568. The lowest BCUT2D eigenvalue weighted by Gasteiger charge is -2.33. The molecule has 1 fully saturated rings. The van der Waals surface area contributed by atoms with Crippen molar-refractivity contribution in [2.45, 2.75) is 30.6 Å². The van der Waals surface area contributed by atoms with Gasteiger partial charge < -0.3 is 9.47 Å². The van der Waals surface area contributed by atoms with Crippen LogP contribution < -0.4 is 9.47 Å². The van der Waals surface area contributed by atoms with Crippen molar-refractivity contribution in [3.63, 3.8) is 0 Å². The minimum absolute atomic E-state index is 0.00120. The second-order valence-corrected chi connectivity index (χ2v) is 11.2. The van der Waals surface area contributed by atoms with E-state index in [4.69, 9.17) is 9.47 Å². The SMILES string of the molecule is CCOc1ccc(S(=O)(=O)N2CCN(S(=O)(=O)c3cccc(C(C)=O)c3)CC2)cc1OCC. The molecular weight excluding hydrogens is 468 g/mol. The van der Waals surface area contributed by atoms with Gasteiger partial charge in [0.1, 0.15) is 0 Å². The molecule has 180 valence electrons. The molecule has 0 atom stereocenters. The summed E-state index contributed by atoms with van der Waals surface area (Å²) in [5, 5.41) is 0. The van der Waals surface area contributed by atoms with Gasteiger partial charge in [-0.3, -0.25) is 4.79 Å². The van der Waals surface area contributed by atoms with Crippen molar-refractivity contribution in [1.82, 2.24) is 8.61 Å². The van der Waals surface area contributed by atoms with Crippen LogP contribution >= 0.6 is 0 Å². The second kappa shape index (κ2) is 10.2. The first-order chi connectivity index (χ1) is 15.6. The molecule has 33 heavy (non-hydrogen) atoms. The highest BCUT2D eigenvalue weighted by molar-refractivity contribution is 7.89. The topological polar surface area (TPSA) is 110 Å². The molecule has 1 saturated heterocycles. The molecule has 0 N–H and O–H groups in total. The highest BCUT2D eigenvalue weighted by Crippen LogP contribution is 2.32. The zero-order valence-electron chi connectivity index (χ0n) is 18.9. The third kappa shape index (κ3) is 5.37. The molecule has 0 saturated carbocycles. The van der Waals surface area contributed by atoms with Crippen LogP contribution in [0.5, 0.6) is 11.5 Å². The molecule has 0 spiro atoms. The summed E-state index contributed by atoms with van der Waals surface area (Å²) in [5.41, 5.74) is 0.304. The molecule has 3 rings (SSSR count). The highest BCUT2D eigenvalue weighted by Gasteiger charge is 2.34. The number of hydrogen-bond donors (Lipinski definition) is 0. The third-order valence-electron chi connectivity index (χ3n) is 5.23. The van der Waals surface area contributed by atoms with Gasteiger partial charge in [-0.1, -0.05) is 12.1 Å². The summed E-state index contributed by atoms with van der Waals surface area (Å²) in [6.45, 7) is 5.77. The predicted octanol–water partition coefficient (Wildman–Crippen LogP) is 2.38. The van der Waals surface area contributed by atoms with Crippen molar-refractivity contribution >= 4 is 25.8 Å². The Balaban J connectivity index is 1.78. The number of carbonyl (C=O) groups is 1. The molecule has 11 heteroatoms. The van der Waals surface area contributed by atoms with E-state index in [0.29, 0.717) is 30.3 Å². The summed E-state index contributed by atoms with van der Waals surface area (Å²) < 4.78 is 65.9. The Labute approximate surface area is 195 Å². The van der Waals surface area contributed by atoms with E-state index < -0.39 is 20.0 Å². The van der Waals surface area contributed by atoms with Crippen LogP contribution in [0.25, 0.3) is 0 Å². The summed E-state index contributed by atoms with van der Waals surface area (Å²) in [6.07, 6.45) is 0. The van der Waals surface area contributed by atoms with Gasteiger partial charge in [0.15, 0.2) is 17.3 Å². The molecule has 0 bridgehead atoms. The van der Waals surface area contributed by atoms with Gasteiger partial charge in [-0.05, 0) is 45.0 Å². The van der Waals surface area contributed by atoms with Crippen molar-refractivity contribution in [3.8, 4) is 11.5 Å². The van der Waals surface area contributed by atoms with Crippen LogP contribution in [0.2, 0.25) is 0 Å². The van der Waals surface area contributed by atoms with E-state index in [1.54, 1.807) is 19.1 Å². The molecule has 2 aromatic rings. The predicted molar refractivity (Wildman–Crippen MR) is 123 cm³/mol. The Morgan fingerprint density at radius 3 is 1.82 bits per heavy atom. The fourth-order valence-electron chi connectivity index (χ4n) is 3.52. The van der Waals surface area contributed by atoms with Gasteiger partial charge in [0.2, 0.25) is 20.0 Å². The number of ketones is 1. The molecule has 1 heterocycles. The lowest BCUT2D eigenvalue weighted by Crippen LogP contribution is -2.50. The maximum atomic E-state index is 13.2. The number of nitrogens with zero attached hydrogens (tertiary/aromatic N) is 2. The lowest BCUT2D eigenvalue weighted by atomic mass is 10.2. The van der Waals surface area contributed by atoms with E-state index in [9.17, 15) is 21.6 Å². The molecule has 0 unspecified atom stereocenters. The summed E-state index contributed by atoms with van der Waals surface area (Å²) in [6, 6.07) is 10.3. The maximum Gasteiger partial charge on any atom is 0.243 e. The molecule has 1 aliphatic rings. The van der Waals surface area contributed by atoms with Gasteiger partial charge in [-0.15, -0.1) is 0 Å². The molecule has 0 amide bonds. The van der Waals surface area contributed by atoms with E-state index in [1.807, 2.05) is 6.92 Å². The Hall–Kier alpha value is -2.47. The van der Waals surface area contributed by atoms with Gasteiger partial charge in [-0.25, -0.2) is 16.8 Å². The van der Waals surface area contributed by atoms with Crippen LogP contribution in [0, 0.1) is 0 Å². The number of rotatable bonds is 9. The van der Waals surface area contributed by atoms with Crippen molar-refractivity contribution in [2.75, 3.05) is 39.4 Å². The highest BCUT2D eigenvalue weighted by atomic mass is 32.2. The number of carbonyl (C=O) groups excluding carboxylic acids is 1. The standard InChI is InChI=1S/C22H28N2O7S2/c1-4-30-21-10-9-20(16-22(21)31-5-2)33(28,29)24-13-11-23(12-14-24)32(26,27)19-8-6-7-18(15-19)17(3)25/h6-10,15-16H,4-5,11-14H2,1-3H3. The fourth-order valence-corrected chi connectivity index (χ4v) is 6.42. The first-order valence-corrected chi connectivity index (χ1v) is 13.5. The van der Waals surface area contributed by atoms with Crippen molar-refractivity contribution in [3.05, 3.63) is 48.0 Å². The Morgan fingerprint density at radius 2 is 1.30 bits per heavy atom. The van der Waals surface area contributed by atoms with Crippen molar-refractivity contribution in [1.29, 1.82) is 0 Å². The largest absolute Gasteiger partial charge is 0.490 e. The number of benzene rings is 2.